The zero-order chi connectivity index (χ0) is 13.3. The highest BCUT2D eigenvalue weighted by molar-refractivity contribution is 7.27. The van der Waals surface area contributed by atoms with E-state index >= 15 is 0 Å². The molecule has 17 heavy (non-hydrogen) atoms. The second-order valence-electron chi connectivity index (χ2n) is 4.22. The number of aryl methyl sites for hydroxylation is 1. The first-order valence-corrected chi connectivity index (χ1v) is 6.97. The molecule has 0 heterocycles. The average Bonchev–Trinajstić information content (AvgIpc) is 2.32. The van der Waals surface area contributed by atoms with Gasteiger partial charge in [0.05, 0.1) is 0 Å². The highest BCUT2D eigenvalue weighted by atomic mass is 31.0. The van der Waals surface area contributed by atoms with Gasteiger partial charge in [0.25, 0.3) is 0 Å². The fourth-order valence-electron chi connectivity index (χ4n) is 1.62. The van der Waals surface area contributed by atoms with Crippen molar-refractivity contribution in [2.75, 3.05) is 0 Å². The van der Waals surface area contributed by atoms with Gasteiger partial charge in [-0.25, -0.2) is 0 Å². The predicted molar refractivity (Wildman–Crippen MR) is 79.9 cm³/mol. The van der Waals surface area contributed by atoms with E-state index in [2.05, 4.69) is 54.3 Å². The lowest BCUT2D eigenvalue weighted by molar-refractivity contribution is -0.120. The Morgan fingerprint density at radius 1 is 1.12 bits per heavy atom. The average molecular weight is 252 g/mol. The van der Waals surface area contributed by atoms with Crippen LogP contribution in [0.25, 0.3) is 0 Å². The molecule has 0 saturated heterocycles. The first-order valence-electron chi connectivity index (χ1n) is 6.39. The van der Waals surface area contributed by atoms with E-state index in [1.807, 2.05) is 0 Å². The maximum absolute atomic E-state index is 10.6. The van der Waals surface area contributed by atoms with E-state index in [1.54, 1.807) is 6.92 Å². The SMILES string of the molecule is CCC(CC)C(C)=O.CCc1ccc(P)cc1. The number of hydrogen-bond acceptors (Lipinski definition) is 1. The van der Waals surface area contributed by atoms with Gasteiger partial charge in [-0.1, -0.05) is 45.0 Å². The zero-order valence-corrected chi connectivity index (χ0v) is 12.6. The summed E-state index contributed by atoms with van der Waals surface area (Å²) in [5.74, 6) is 0.644. The summed E-state index contributed by atoms with van der Waals surface area (Å²) in [6, 6.07) is 8.54. The van der Waals surface area contributed by atoms with Crippen LogP contribution in [0.4, 0.5) is 0 Å². The van der Waals surface area contributed by atoms with Crippen molar-refractivity contribution in [1.29, 1.82) is 0 Å². The summed E-state index contributed by atoms with van der Waals surface area (Å²) in [5.41, 5.74) is 1.40. The Morgan fingerprint density at radius 2 is 1.59 bits per heavy atom. The number of rotatable bonds is 4. The van der Waals surface area contributed by atoms with Crippen LogP contribution in [0.2, 0.25) is 0 Å². The van der Waals surface area contributed by atoms with Crippen LogP contribution in [0.1, 0.15) is 46.1 Å². The Hall–Kier alpha value is -0.680. The Labute approximate surface area is 108 Å². The molecule has 2 heteroatoms. The number of Topliss-reactive ketones (excluding diaryl/α,β-unsaturated/α-hetero) is 1. The molecule has 1 rings (SSSR count). The maximum atomic E-state index is 10.6. The molecule has 1 nitrogen and oxygen atoms in total. The second-order valence-corrected chi connectivity index (χ2v) is 4.89. The number of benzene rings is 1. The van der Waals surface area contributed by atoms with E-state index in [1.165, 1.54) is 10.9 Å². The molecule has 0 fully saturated rings. The molecule has 0 saturated carbocycles. The third-order valence-corrected chi connectivity index (χ3v) is 3.33. The van der Waals surface area contributed by atoms with E-state index in [0.29, 0.717) is 11.7 Å². The van der Waals surface area contributed by atoms with E-state index in [4.69, 9.17) is 0 Å². The molecule has 0 N–H and O–H groups in total. The number of carbonyl (C=O) groups excluding carboxylic acids is 1. The van der Waals surface area contributed by atoms with Crippen molar-refractivity contribution < 1.29 is 4.79 Å². The van der Waals surface area contributed by atoms with Crippen LogP contribution >= 0.6 is 9.24 Å². The molecule has 1 aromatic rings. The van der Waals surface area contributed by atoms with Crippen molar-refractivity contribution >= 4 is 20.3 Å². The molecule has 0 aromatic heterocycles. The Balaban J connectivity index is 0.000000304. The van der Waals surface area contributed by atoms with E-state index in [0.717, 1.165) is 19.3 Å². The van der Waals surface area contributed by atoms with Gasteiger partial charge in [-0.15, -0.1) is 9.24 Å². The lowest BCUT2D eigenvalue weighted by atomic mass is 10.00. The van der Waals surface area contributed by atoms with Gasteiger partial charge >= 0.3 is 0 Å². The normalized spacial score (nSPS) is 9.76. The molecule has 1 unspecified atom stereocenters. The van der Waals surface area contributed by atoms with Crippen molar-refractivity contribution in [2.45, 2.75) is 47.0 Å². The molecule has 0 aliphatic carbocycles. The molecule has 0 radical (unpaired) electrons. The second kappa shape index (κ2) is 9.36. The highest BCUT2D eigenvalue weighted by Crippen LogP contribution is 2.07. The van der Waals surface area contributed by atoms with Crippen LogP contribution in [0.3, 0.4) is 0 Å². The molecular weight excluding hydrogens is 227 g/mol. The lowest BCUT2D eigenvalue weighted by Crippen LogP contribution is -2.07. The van der Waals surface area contributed by atoms with Gasteiger partial charge < -0.3 is 0 Å². The van der Waals surface area contributed by atoms with Crippen LogP contribution in [0.15, 0.2) is 24.3 Å². The Kier molecular flexibility index (Phi) is 8.99. The largest absolute Gasteiger partial charge is 0.300 e. The Bertz CT molecular complexity index is 312. The van der Waals surface area contributed by atoms with Crippen LogP contribution in [0, 0.1) is 5.92 Å². The summed E-state index contributed by atoms with van der Waals surface area (Å²) < 4.78 is 0. The topological polar surface area (TPSA) is 17.1 Å². The summed E-state index contributed by atoms with van der Waals surface area (Å²) >= 11 is 0. The molecule has 0 aliphatic rings. The van der Waals surface area contributed by atoms with Crippen molar-refractivity contribution in [2.24, 2.45) is 5.92 Å². The summed E-state index contributed by atoms with van der Waals surface area (Å²) in [6.07, 6.45) is 3.11. The summed E-state index contributed by atoms with van der Waals surface area (Å²) in [7, 11) is 2.67. The monoisotopic (exact) mass is 252 g/mol. The molecular formula is C15H25OP. The van der Waals surface area contributed by atoms with Crippen molar-refractivity contribution in [3.63, 3.8) is 0 Å². The van der Waals surface area contributed by atoms with Crippen LogP contribution in [-0.4, -0.2) is 5.78 Å². The number of ketones is 1. The van der Waals surface area contributed by atoms with E-state index < -0.39 is 0 Å². The standard InChI is InChI=1S/C8H11P.C7H14O/c1-2-7-3-5-8(9)6-4-7;1-4-7(5-2)6(3)8/h3-6H,2,9H2,1H3;7H,4-5H2,1-3H3. The van der Waals surface area contributed by atoms with Gasteiger partial charge in [0.1, 0.15) is 5.78 Å². The van der Waals surface area contributed by atoms with Gasteiger partial charge in [0.15, 0.2) is 0 Å². The fraction of sp³-hybridized carbons (Fsp3) is 0.533. The minimum Gasteiger partial charge on any atom is -0.300 e. The summed E-state index contributed by atoms with van der Waals surface area (Å²) in [4.78, 5) is 10.6. The molecule has 0 aliphatic heterocycles. The summed E-state index contributed by atoms with van der Waals surface area (Å²) in [6.45, 7) is 7.93. The maximum Gasteiger partial charge on any atom is 0.132 e. The molecule has 1 aromatic carbocycles. The van der Waals surface area contributed by atoms with Crippen LogP contribution in [0.5, 0.6) is 0 Å². The van der Waals surface area contributed by atoms with E-state index in [-0.39, 0.29) is 0 Å². The van der Waals surface area contributed by atoms with Crippen LogP contribution in [-0.2, 0) is 11.2 Å². The molecule has 1 atom stereocenters. The molecule has 0 bridgehead atoms. The zero-order valence-electron chi connectivity index (χ0n) is 11.5. The van der Waals surface area contributed by atoms with Crippen molar-refractivity contribution in [1.82, 2.24) is 0 Å². The minimum atomic E-state index is 0.315. The summed E-state index contributed by atoms with van der Waals surface area (Å²) in [5, 5.41) is 1.26. The molecule has 0 spiro atoms. The van der Waals surface area contributed by atoms with Crippen molar-refractivity contribution in [3.8, 4) is 0 Å². The van der Waals surface area contributed by atoms with Gasteiger partial charge in [-0.05, 0) is 37.1 Å². The number of carbonyl (C=O) groups is 1. The van der Waals surface area contributed by atoms with Gasteiger partial charge in [0.2, 0.25) is 0 Å². The number of hydrogen-bond donors (Lipinski definition) is 0. The van der Waals surface area contributed by atoms with Crippen LogP contribution < -0.4 is 5.30 Å². The third-order valence-electron chi connectivity index (χ3n) is 2.95. The predicted octanol–water partition coefficient (Wildman–Crippen LogP) is 3.76. The quantitative estimate of drug-likeness (QED) is 0.746. The smallest absolute Gasteiger partial charge is 0.132 e. The Morgan fingerprint density at radius 3 is 1.82 bits per heavy atom. The molecule has 0 amide bonds. The van der Waals surface area contributed by atoms with Gasteiger partial charge in [-0.2, -0.15) is 0 Å². The van der Waals surface area contributed by atoms with Gasteiger partial charge in [-0.3, -0.25) is 4.79 Å². The lowest BCUT2D eigenvalue weighted by Gasteiger charge is -2.04. The molecule has 96 valence electrons. The minimum absolute atomic E-state index is 0.315. The van der Waals surface area contributed by atoms with Gasteiger partial charge in [0, 0.05) is 5.92 Å². The first kappa shape index (κ1) is 16.3. The first-order chi connectivity index (χ1) is 8.04. The van der Waals surface area contributed by atoms with Crippen molar-refractivity contribution in [3.05, 3.63) is 29.8 Å². The fourth-order valence-corrected chi connectivity index (χ4v) is 1.81. The van der Waals surface area contributed by atoms with E-state index in [9.17, 15) is 4.79 Å². The highest BCUT2D eigenvalue weighted by Gasteiger charge is 2.06. The third kappa shape index (κ3) is 7.28.